The van der Waals surface area contributed by atoms with Crippen LogP contribution in [0.2, 0.25) is 0 Å². The third kappa shape index (κ3) is 3.94. The molecule has 2 heterocycles. The van der Waals surface area contributed by atoms with E-state index in [1.54, 1.807) is 11.3 Å². The molecule has 1 saturated heterocycles. The van der Waals surface area contributed by atoms with E-state index in [4.69, 9.17) is 0 Å². The number of thiazole rings is 1. The molecule has 0 spiro atoms. The van der Waals surface area contributed by atoms with Crippen molar-refractivity contribution in [3.05, 3.63) is 11.6 Å². The first-order valence-corrected chi connectivity index (χ1v) is 10.0. The zero-order valence-electron chi connectivity index (χ0n) is 14.4. The maximum atomic E-state index is 13.3. The Morgan fingerprint density at radius 1 is 1.30 bits per heavy atom. The summed E-state index contributed by atoms with van der Waals surface area (Å²) >= 11 is 1.59. The highest BCUT2D eigenvalue weighted by atomic mass is 32.1. The van der Waals surface area contributed by atoms with Gasteiger partial charge in [-0.1, -0.05) is 26.2 Å². The van der Waals surface area contributed by atoms with Gasteiger partial charge in [-0.2, -0.15) is 0 Å². The van der Waals surface area contributed by atoms with E-state index in [0.29, 0.717) is 12.0 Å². The number of nitrogens with zero attached hydrogens (tertiary/aromatic N) is 3. The summed E-state index contributed by atoms with van der Waals surface area (Å²) in [7, 11) is 0. The first-order chi connectivity index (χ1) is 11.2. The molecular weight excluding hydrogens is 306 g/mol. The highest BCUT2D eigenvalue weighted by Gasteiger charge is 2.34. The van der Waals surface area contributed by atoms with Gasteiger partial charge in [0.2, 0.25) is 5.91 Å². The van der Waals surface area contributed by atoms with Crippen molar-refractivity contribution in [3.63, 3.8) is 0 Å². The van der Waals surface area contributed by atoms with E-state index in [1.165, 1.54) is 32.1 Å². The van der Waals surface area contributed by atoms with Crippen molar-refractivity contribution in [1.29, 1.82) is 0 Å². The molecule has 0 unspecified atom stereocenters. The molecule has 5 heteroatoms. The van der Waals surface area contributed by atoms with Crippen LogP contribution in [-0.4, -0.2) is 41.0 Å². The van der Waals surface area contributed by atoms with Crippen molar-refractivity contribution < 1.29 is 4.79 Å². The molecule has 4 nitrogen and oxygen atoms in total. The van der Waals surface area contributed by atoms with Crippen LogP contribution in [0.4, 0.5) is 5.13 Å². The zero-order valence-corrected chi connectivity index (χ0v) is 15.2. The lowest BCUT2D eigenvalue weighted by Crippen LogP contribution is -2.53. The highest BCUT2D eigenvalue weighted by molar-refractivity contribution is 7.13. The molecule has 0 aromatic carbocycles. The second-order valence-corrected chi connectivity index (χ2v) is 8.11. The average molecular weight is 336 g/mol. The molecule has 1 aromatic heterocycles. The fourth-order valence-electron chi connectivity index (χ4n) is 4.04. The minimum Gasteiger partial charge on any atom is -0.292 e. The Hall–Kier alpha value is -0.940. The van der Waals surface area contributed by atoms with E-state index in [2.05, 4.69) is 23.7 Å². The van der Waals surface area contributed by atoms with Crippen molar-refractivity contribution in [2.45, 2.75) is 70.9 Å². The van der Waals surface area contributed by atoms with Gasteiger partial charge < -0.3 is 0 Å². The van der Waals surface area contributed by atoms with Crippen molar-refractivity contribution in [2.75, 3.05) is 18.0 Å². The summed E-state index contributed by atoms with van der Waals surface area (Å²) in [5.74, 6) is 0.947. The lowest BCUT2D eigenvalue weighted by atomic mass is 9.93. The number of piperidine rings is 1. The lowest BCUT2D eigenvalue weighted by molar-refractivity contribution is -0.124. The Morgan fingerprint density at radius 2 is 2.09 bits per heavy atom. The number of likely N-dealkylation sites (tertiary alicyclic amines) is 1. The van der Waals surface area contributed by atoms with Crippen molar-refractivity contribution in [2.24, 2.45) is 5.92 Å². The van der Waals surface area contributed by atoms with Gasteiger partial charge in [0.15, 0.2) is 5.13 Å². The molecule has 0 N–H and O–H groups in total. The summed E-state index contributed by atoms with van der Waals surface area (Å²) in [6.45, 7) is 6.48. The van der Waals surface area contributed by atoms with Crippen LogP contribution in [-0.2, 0) is 4.79 Å². The van der Waals surface area contributed by atoms with Gasteiger partial charge in [-0.25, -0.2) is 4.98 Å². The van der Waals surface area contributed by atoms with Crippen LogP contribution in [0.15, 0.2) is 11.6 Å². The number of anilines is 1. The Bertz CT molecular complexity index is 498. The first-order valence-electron chi connectivity index (χ1n) is 9.13. The Morgan fingerprint density at radius 3 is 2.74 bits per heavy atom. The second kappa shape index (κ2) is 7.75. The minimum atomic E-state index is -0.0384. The predicted octanol–water partition coefficient (Wildman–Crippen LogP) is 3.93. The molecule has 2 atom stereocenters. The normalized spacial score (nSPS) is 25.2. The molecular formula is C18H29N3OS. The Balaban J connectivity index is 1.76. The minimum absolute atomic E-state index is 0.0384. The van der Waals surface area contributed by atoms with Gasteiger partial charge in [0, 0.05) is 24.2 Å². The maximum Gasteiger partial charge on any atom is 0.246 e. The fourth-order valence-corrected chi connectivity index (χ4v) is 4.76. The van der Waals surface area contributed by atoms with E-state index in [9.17, 15) is 4.79 Å². The van der Waals surface area contributed by atoms with Crippen LogP contribution in [0.25, 0.3) is 0 Å². The van der Waals surface area contributed by atoms with Crippen LogP contribution in [0, 0.1) is 5.92 Å². The molecule has 2 aliphatic rings. The van der Waals surface area contributed by atoms with Crippen LogP contribution in [0.3, 0.4) is 0 Å². The van der Waals surface area contributed by atoms with Crippen LogP contribution >= 0.6 is 11.3 Å². The van der Waals surface area contributed by atoms with Gasteiger partial charge in [0.05, 0.1) is 6.04 Å². The Labute approximate surface area is 143 Å². The lowest BCUT2D eigenvalue weighted by Gasteiger charge is -2.39. The van der Waals surface area contributed by atoms with Crippen LogP contribution in [0.1, 0.15) is 58.8 Å². The third-order valence-corrected chi connectivity index (χ3v) is 6.17. The molecule has 1 aliphatic heterocycles. The highest BCUT2D eigenvalue weighted by Crippen LogP contribution is 2.30. The van der Waals surface area contributed by atoms with Crippen molar-refractivity contribution >= 4 is 22.4 Å². The predicted molar refractivity (Wildman–Crippen MR) is 95.9 cm³/mol. The number of hydrogen-bond donors (Lipinski definition) is 0. The molecule has 3 rings (SSSR count). The SMILES string of the molecule is C[C@@H]1CCCN([C@@H](C)C(=O)N(c2nccs2)C2CCCCC2)C1. The third-order valence-electron chi connectivity index (χ3n) is 5.40. The van der Waals surface area contributed by atoms with E-state index in [-0.39, 0.29) is 11.9 Å². The van der Waals surface area contributed by atoms with Gasteiger partial charge in [0.25, 0.3) is 0 Å². The Kier molecular flexibility index (Phi) is 5.70. The molecule has 0 radical (unpaired) electrons. The monoisotopic (exact) mass is 335 g/mol. The van der Waals surface area contributed by atoms with E-state index >= 15 is 0 Å². The summed E-state index contributed by atoms with van der Waals surface area (Å²) in [5.41, 5.74) is 0. The summed E-state index contributed by atoms with van der Waals surface area (Å²) in [6.07, 6.45) is 10.3. The number of hydrogen-bond acceptors (Lipinski definition) is 4. The zero-order chi connectivity index (χ0) is 16.2. The molecule has 128 valence electrons. The topological polar surface area (TPSA) is 36.4 Å². The molecule has 2 fully saturated rings. The molecule has 1 aromatic rings. The van der Waals surface area contributed by atoms with Crippen molar-refractivity contribution in [1.82, 2.24) is 9.88 Å². The van der Waals surface area contributed by atoms with Crippen LogP contribution in [0.5, 0.6) is 0 Å². The van der Waals surface area contributed by atoms with Crippen molar-refractivity contribution in [3.8, 4) is 0 Å². The van der Waals surface area contributed by atoms with E-state index < -0.39 is 0 Å². The second-order valence-electron chi connectivity index (χ2n) is 7.23. The number of rotatable bonds is 4. The van der Waals surface area contributed by atoms with E-state index in [1.807, 2.05) is 16.5 Å². The van der Waals surface area contributed by atoms with Gasteiger partial charge >= 0.3 is 0 Å². The summed E-state index contributed by atoms with van der Waals surface area (Å²) in [6, 6.07) is 0.302. The van der Waals surface area contributed by atoms with Gasteiger partial charge in [-0.05, 0) is 45.1 Å². The van der Waals surface area contributed by atoms with Gasteiger partial charge in [-0.15, -0.1) is 11.3 Å². The standard InChI is InChI=1S/C18H29N3OS/c1-14-7-6-11-20(13-14)15(2)17(22)21(18-19-10-12-23-18)16-8-4-3-5-9-16/h10,12,14-16H,3-9,11,13H2,1-2H3/t14-,15+/m1/s1. The summed E-state index contributed by atoms with van der Waals surface area (Å²) in [4.78, 5) is 22.2. The maximum absolute atomic E-state index is 13.3. The fraction of sp³-hybridized carbons (Fsp3) is 0.778. The van der Waals surface area contributed by atoms with E-state index in [0.717, 1.165) is 31.1 Å². The molecule has 1 saturated carbocycles. The molecule has 0 bridgehead atoms. The van der Waals surface area contributed by atoms with Gasteiger partial charge in [-0.3, -0.25) is 14.6 Å². The largest absolute Gasteiger partial charge is 0.292 e. The summed E-state index contributed by atoms with van der Waals surface area (Å²) < 4.78 is 0. The smallest absolute Gasteiger partial charge is 0.246 e. The molecule has 1 amide bonds. The number of carbonyl (C=O) groups excluding carboxylic acids is 1. The van der Waals surface area contributed by atoms with Gasteiger partial charge in [0.1, 0.15) is 0 Å². The molecule has 23 heavy (non-hydrogen) atoms. The first kappa shape index (κ1) is 16.9. The number of aromatic nitrogens is 1. The average Bonchev–Trinajstić information content (AvgIpc) is 3.09. The number of carbonyl (C=O) groups is 1. The quantitative estimate of drug-likeness (QED) is 0.836. The van der Waals surface area contributed by atoms with Crippen LogP contribution < -0.4 is 4.90 Å². The molecule has 1 aliphatic carbocycles. The summed E-state index contributed by atoms with van der Waals surface area (Å²) in [5, 5.41) is 2.87. The number of amides is 1.